The van der Waals surface area contributed by atoms with Crippen molar-refractivity contribution in [2.75, 3.05) is 13.2 Å². The molecule has 0 aromatic carbocycles. The lowest BCUT2D eigenvalue weighted by Gasteiger charge is -2.31. The fourth-order valence-corrected chi connectivity index (χ4v) is 2.62. The van der Waals surface area contributed by atoms with Gasteiger partial charge in [-0.3, -0.25) is 0 Å². The highest BCUT2D eigenvalue weighted by molar-refractivity contribution is 4.78. The van der Waals surface area contributed by atoms with Gasteiger partial charge in [0.25, 0.3) is 0 Å². The second-order valence-electron chi connectivity index (χ2n) is 5.16. The molecule has 3 atom stereocenters. The van der Waals surface area contributed by atoms with Crippen molar-refractivity contribution in [3.63, 3.8) is 0 Å². The third-order valence-electron chi connectivity index (χ3n) is 3.83. The van der Waals surface area contributed by atoms with Gasteiger partial charge in [-0.1, -0.05) is 18.9 Å². The van der Waals surface area contributed by atoms with Gasteiger partial charge >= 0.3 is 0 Å². The van der Waals surface area contributed by atoms with Crippen LogP contribution in [0.3, 0.4) is 0 Å². The van der Waals surface area contributed by atoms with Crippen LogP contribution in [0.1, 0.15) is 45.4 Å². The number of hydrogen-bond donors (Lipinski definition) is 2. The van der Waals surface area contributed by atoms with Crippen LogP contribution >= 0.6 is 0 Å². The minimum Gasteiger partial charge on any atom is -0.396 e. The van der Waals surface area contributed by atoms with Gasteiger partial charge in [0.2, 0.25) is 0 Å². The Morgan fingerprint density at radius 3 is 2.69 bits per heavy atom. The van der Waals surface area contributed by atoms with Crippen molar-refractivity contribution in [3.05, 3.63) is 12.7 Å². The first-order valence-corrected chi connectivity index (χ1v) is 6.73. The van der Waals surface area contributed by atoms with E-state index >= 15 is 0 Å². The summed E-state index contributed by atoms with van der Waals surface area (Å²) in [7, 11) is 0. The highest BCUT2D eigenvalue weighted by Crippen LogP contribution is 2.29. The summed E-state index contributed by atoms with van der Waals surface area (Å²) < 4.78 is 0. The van der Waals surface area contributed by atoms with Crippen LogP contribution in [-0.4, -0.2) is 24.3 Å². The van der Waals surface area contributed by atoms with Gasteiger partial charge < -0.3 is 10.4 Å². The Bertz CT molecular complexity index is 193. The lowest BCUT2D eigenvalue weighted by Crippen LogP contribution is -2.36. The molecule has 0 aromatic heterocycles. The lowest BCUT2D eigenvalue weighted by molar-refractivity contribution is 0.131. The number of aliphatic hydroxyl groups is 1. The van der Waals surface area contributed by atoms with Crippen LogP contribution < -0.4 is 5.32 Å². The maximum absolute atomic E-state index is 9.33. The number of allylic oxidation sites excluding steroid dienone is 1. The van der Waals surface area contributed by atoms with Crippen molar-refractivity contribution >= 4 is 0 Å². The van der Waals surface area contributed by atoms with E-state index in [-0.39, 0.29) is 0 Å². The molecule has 16 heavy (non-hydrogen) atoms. The zero-order valence-electron chi connectivity index (χ0n) is 10.6. The second-order valence-corrected chi connectivity index (χ2v) is 5.16. The summed E-state index contributed by atoms with van der Waals surface area (Å²) in [6.07, 6.45) is 9.37. The largest absolute Gasteiger partial charge is 0.396 e. The van der Waals surface area contributed by atoms with E-state index in [1.807, 2.05) is 6.08 Å². The van der Waals surface area contributed by atoms with Gasteiger partial charge in [0.05, 0.1) is 0 Å². The molecule has 0 radical (unpaired) electrons. The van der Waals surface area contributed by atoms with Crippen molar-refractivity contribution in [1.29, 1.82) is 0 Å². The predicted molar refractivity (Wildman–Crippen MR) is 69.4 cm³/mol. The fourth-order valence-electron chi connectivity index (χ4n) is 2.62. The quantitative estimate of drug-likeness (QED) is 0.653. The molecule has 1 aliphatic carbocycles. The van der Waals surface area contributed by atoms with Gasteiger partial charge in [-0.05, 0) is 51.0 Å². The molecule has 1 rings (SSSR count). The molecule has 0 heterocycles. The molecule has 0 amide bonds. The van der Waals surface area contributed by atoms with Crippen LogP contribution in [0, 0.1) is 11.8 Å². The van der Waals surface area contributed by atoms with E-state index in [4.69, 9.17) is 0 Å². The minimum atomic E-state index is 0.368. The second kappa shape index (κ2) is 7.86. The lowest BCUT2D eigenvalue weighted by atomic mass is 9.79. The van der Waals surface area contributed by atoms with Crippen LogP contribution in [0.25, 0.3) is 0 Å². The third-order valence-corrected chi connectivity index (χ3v) is 3.83. The molecule has 2 N–H and O–H groups in total. The molecule has 2 heteroatoms. The van der Waals surface area contributed by atoms with E-state index in [1.54, 1.807) is 0 Å². The van der Waals surface area contributed by atoms with Crippen LogP contribution in [0.2, 0.25) is 0 Å². The van der Waals surface area contributed by atoms with E-state index in [0.29, 0.717) is 24.5 Å². The molecule has 1 saturated carbocycles. The van der Waals surface area contributed by atoms with E-state index in [9.17, 15) is 5.11 Å². The molecule has 1 aliphatic rings. The van der Waals surface area contributed by atoms with Gasteiger partial charge in [-0.15, -0.1) is 6.58 Å². The standard InChI is InChI=1S/C14H27NO/c1-3-4-7-12(2)15-10-13-8-5-6-9-14(13)11-16/h3,12-16H,1,4-11H2,2H3. The first-order chi connectivity index (χ1) is 7.77. The van der Waals surface area contributed by atoms with Gasteiger partial charge in [-0.25, -0.2) is 0 Å². The number of rotatable bonds is 7. The molecule has 0 spiro atoms. The average Bonchev–Trinajstić information content (AvgIpc) is 2.34. The van der Waals surface area contributed by atoms with Gasteiger partial charge in [0, 0.05) is 12.6 Å². The monoisotopic (exact) mass is 225 g/mol. The van der Waals surface area contributed by atoms with Gasteiger partial charge in [0.1, 0.15) is 0 Å². The van der Waals surface area contributed by atoms with Crippen molar-refractivity contribution in [1.82, 2.24) is 5.32 Å². The van der Waals surface area contributed by atoms with Crippen molar-refractivity contribution in [3.8, 4) is 0 Å². The number of hydrogen-bond acceptors (Lipinski definition) is 2. The first kappa shape index (κ1) is 13.7. The van der Waals surface area contributed by atoms with Crippen molar-refractivity contribution < 1.29 is 5.11 Å². The van der Waals surface area contributed by atoms with E-state index in [1.165, 1.54) is 32.1 Å². The topological polar surface area (TPSA) is 32.3 Å². The summed E-state index contributed by atoms with van der Waals surface area (Å²) in [4.78, 5) is 0. The Balaban J connectivity index is 2.21. The Labute approximate surface area is 100 Å². The normalized spacial score (nSPS) is 27.6. The Kier molecular flexibility index (Phi) is 6.74. The van der Waals surface area contributed by atoms with Crippen molar-refractivity contribution in [2.24, 2.45) is 11.8 Å². The number of aliphatic hydroxyl groups excluding tert-OH is 1. The molecule has 0 aromatic rings. The molecule has 2 nitrogen and oxygen atoms in total. The van der Waals surface area contributed by atoms with Crippen molar-refractivity contribution in [2.45, 2.75) is 51.5 Å². The molecular formula is C14H27NO. The fraction of sp³-hybridized carbons (Fsp3) is 0.857. The Morgan fingerprint density at radius 1 is 1.38 bits per heavy atom. The summed E-state index contributed by atoms with van der Waals surface area (Å²) in [5.74, 6) is 1.22. The molecule has 3 unspecified atom stereocenters. The molecule has 1 fully saturated rings. The van der Waals surface area contributed by atoms with Gasteiger partial charge in [0.15, 0.2) is 0 Å². The smallest absolute Gasteiger partial charge is 0.0462 e. The average molecular weight is 225 g/mol. The first-order valence-electron chi connectivity index (χ1n) is 6.73. The number of nitrogens with one attached hydrogen (secondary N) is 1. The zero-order chi connectivity index (χ0) is 11.8. The highest BCUT2D eigenvalue weighted by atomic mass is 16.3. The van der Waals surface area contributed by atoms with E-state index in [2.05, 4.69) is 18.8 Å². The SMILES string of the molecule is C=CCCC(C)NCC1CCCCC1CO. The Morgan fingerprint density at radius 2 is 2.06 bits per heavy atom. The summed E-state index contributed by atoms with van der Waals surface area (Å²) in [6.45, 7) is 7.42. The van der Waals surface area contributed by atoms with E-state index < -0.39 is 0 Å². The van der Waals surface area contributed by atoms with Crippen LogP contribution in [0.4, 0.5) is 0 Å². The molecule has 94 valence electrons. The Hall–Kier alpha value is -0.340. The summed E-state index contributed by atoms with van der Waals surface area (Å²) in [5.41, 5.74) is 0. The molecule has 0 saturated heterocycles. The summed E-state index contributed by atoms with van der Waals surface area (Å²) in [6, 6.07) is 0.569. The maximum Gasteiger partial charge on any atom is 0.0462 e. The summed E-state index contributed by atoms with van der Waals surface area (Å²) in [5, 5.41) is 12.9. The maximum atomic E-state index is 9.33. The van der Waals surface area contributed by atoms with E-state index in [0.717, 1.165) is 13.0 Å². The zero-order valence-corrected chi connectivity index (χ0v) is 10.6. The molecule has 0 aliphatic heterocycles. The third kappa shape index (κ3) is 4.67. The minimum absolute atomic E-state index is 0.368. The molecular weight excluding hydrogens is 198 g/mol. The summed E-state index contributed by atoms with van der Waals surface area (Å²) >= 11 is 0. The van der Waals surface area contributed by atoms with Crippen LogP contribution in [0.15, 0.2) is 12.7 Å². The predicted octanol–water partition coefficient (Wildman–Crippen LogP) is 2.73. The van der Waals surface area contributed by atoms with Gasteiger partial charge in [-0.2, -0.15) is 0 Å². The van der Waals surface area contributed by atoms with Crippen LogP contribution in [-0.2, 0) is 0 Å². The van der Waals surface area contributed by atoms with Crippen LogP contribution in [0.5, 0.6) is 0 Å². The molecule has 0 bridgehead atoms. The highest BCUT2D eigenvalue weighted by Gasteiger charge is 2.24.